The van der Waals surface area contributed by atoms with Crippen LogP contribution < -0.4 is 11.1 Å². The average molecular weight is 397 g/mol. The van der Waals surface area contributed by atoms with Gasteiger partial charge in [0.05, 0.1) is 10.6 Å². The molecule has 0 spiro atoms. The zero-order valence-corrected chi connectivity index (χ0v) is 14.0. The van der Waals surface area contributed by atoms with E-state index >= 15 is 0 Å². The number of hydrogen-bond donors (Lipinski definition) is 2. The highest BCUT2D eigenvalue weighted by atomic mass is 127. The number of aliphatic imine (C=N–C) groups is 1. The van der Waals surface area contributed by atoms with Gasteiger partial charge in [0.25, 0.3) is 0 Å². The second-order valence-electron chi connectivity index (χ2n) is 3.83. The minimum atomic E-state index is -3.25. The Kier molecular flexibility index (Phi) is 8.73. The van der Waals surface area contributed by atoms with Gasteiger partial charge in [-0.05, 0) is 18.6 Å². The number of rotatable bonds is 6. The summed E-state index contributed by atoms with van der Waals surface area (Å²) in [5.41, 5.74) is 5.57. The van der Waals surface area contributed by atoms with Crippen LogP contribution in [0.5, 0.6) is 0 Å². The monoisotopic (exact) mass is 397 g/mol. The van der Waals surface area contributed by atoms with Crippen molar-refractivity contribution in [3.63, 3.8) is 0 Å². The van der Waals surface area contributed by atoms with Crippen molar-refractivity contribution in [2.75, 3.05) is 18.8 Å². The molecular formula is C12H20IN3O2S. The van der Waals surface area contributed by atoms with Crippen molar-refractivity contribution in [2.24, 2.45) is 10.7 Å². The summed E-state index contributed by atoms with van der Waals surface area (Å²) in [5.74, 6) is 0.291. The number of nitrogens with zero attached hydrogens (tertiary/aromatic N) is 1. The van der Waals surface area contributed by atoms with Crippen molar-refractivity contribution in [1.29, 1.82) is 0 Å². The van der Waals surface area contributed by atoms with Crippen molar-refractivity contribution in [3.8, 4) is 0 Å². The summed E-state index contributed by atoms with van der Waals surface area (Å²) >= 11 is 0. The molecule has 1 aromatic carbocycles. The molecule has 7 heteroatoms. The Hall–Kier alpha value is -0.830. The molecule has 0 amide bonds. The van der Waals surface area contributed by atoms with Crippen LogP contribution in [0.3, 0.4) is 0 Å². The molecule has 0 aliphatic heterocycles. The topological polar surface area (TPSA) is 84.5 Å². The minimum absolute atomic E-state index is 0. The molecule has 108 valence electrons. The van der Waals surface area contributed by atoms with Gasteiger partial charge in [0.15, 0.2) is 15.8 Å². The highest BCUT2D eigenvalue weighted by Crippen LogP contribution is 2.08. The molecule has 0 aliphatic rings. The maximum atomic E-state index is 11.9. The van der Waals surface area contributed by atoms with E-state index in [0.717, 1.165) is 6.42 Å². The second kappa shape index (κ2) is 9.13. The first-order valence-corrected chi connectivity index (χ1v) is 7.53. The van der Waals surface area contributed by atoms with Gasteiger partial charge in [-0.3, -0.25) is 4.99 Å². The van der Waals surface area contributed by atoms with E-state index in [0.29, 0.717) is 17.4 Å². The molecule has 0 saturated heterocycles. The largest absolute Gasteiger partial charge is 0.370 e. The van der Waals surface area contributed by atoms with Gasteiger partial charge in [0.1, 0.15) is 0 Å². The van der Waals surface area contributed by atoms with Crippen LogP contribution in [0.2, 0.25) is 0 Å². The molecule has 5 nitrogen and oxygen atoms in total. The van der Waals surface area contributed by atoms with Crippen molar-refractivity contribution in [1.82, 2.24) is 5.32 Å². The van der Waals surface area contributed by atoms with Crippen LogP contribution in [0.1, 0.15) is 13.3 Å². The Morgan fingerprint density at radius 2 is 1.95 bits per heavy atom. The molecule has 0 fully saturated rings. The van der Waals surface area contributed by atoms with Gasteiger partial charge in [0, 0.05) is 13.1 Å². The maximum Gasteiger partial charge on any atom is 0.188 e. The Morgan fingerprint density at radius 1 is 1.32 bits per heavy atom. The van der Waals surface area contributed by atoms with Gasteiger partial charge in [0.2, 0.25) is 0 Å². The molecule has 19 heavy (non-hydrogen) atoms. The molecule has 0 unspecified atom stereocenters. The highest BCUT2D eigenvalue weighted by Gasteiger charge is 2.12. The van der Waals surface area contributed by atoms with E-state index in [-0.39, 0.29) is 36.3 Å². The first kappa shape index (κ1) is 18.2. The lowest BCUT2D eigenvalue weighted by Crippen LogP contribution is -2.35. The van der Waals surface area contributed by atoms with Gasteiger partial charge in [-0.15, -0.1) is 24.0 Å². The van der Waals surface area contributed by atoms with E-state index in [9.17, 15) is 8.42 Å². The number of halogens is 1. The van der Waals surface area contributed by atoms with E-state index in [1.54, 1.807) is 30.3 Å². The predicted molar refractivity (Wildman–Crippen MR) is 88.7 cm³/mol. The molecule has 1 rings (SSSR count). The normalized spacial score (nSPS) is 11.7. The summed E-state index contributed by atoms with van der Waals surface area (Å²) in [6, 6.07) is 8.37. The van der Waals surface area contributed by atoms with E-state index in [4.69, 9.17) is 5.73 Å². The van der Waals surface area contributed by atoms with Gasteiger partial charge >= 0.3 is 0 Å². The summed E-state index contributed by atoms with van der Waals surface area (Å²) in [6.07, 6.45) is 0.907. The Morgan fingerprint density at radius 3 is 2.53 bits per heavy atom. The first-order chi connectivity index (χ1) is 8.56. The molecule has 0 saturated carbocycles. The third kappa shape index (κ3) is 6.76. The molecule has 0 bridgehead atoms. The standard InChI is InChI=1S/C12H19N3O2S.HI/c1-2-8-14-12(13)15-9-10-18(16,17)11-6-4-3-5-7-11;/h3-7H,2,8-10H2,1H3,(H3,13,14,15);1H. The maximum absolute atomic E-state index is 11.9. The lowest BCUT2D eigenvalue weighted by Gasteiger charge is -2.06. The fraction of sp³-hybridized carbons (Fsp3) is 0.417. The number of guanidine groups is 1. The van der Waals surface area contributed by atoms with Crippen LogP contribution in [0.15, 0.2) is 40.2 Å². The Bertz CT molecular complexity index is 489. The Balaban J connectivity index is 0.00000324. The van der Waals surface area contributed by atoms with Crippen molar-refractivity contribution >= 4 is 39.8 Å². The third-order valence-corrected chi connectivity index (χ3v) is 4.02. The molecule has 0 aromatic heterocycles. The van der Waals surface area contributed by atoms with Crippen LogP contribution in [0, 0.1) is 0 Å². The second-order valence-corrected chi connectivity index (χ2v) is 5.93. The van der Waals surface area contributed by atoms with Crippen LogP contribution in [-0.2, 0) is 9.84 Å². The fourth-order valence-corrected chi connectivity index (χ4v) is 2.53. The molecule has 3 N–H and O–H groups in total. The summed E-state index contributed by atoms with van der Waals surface area (Å²) < 4.78 is 23.8. The number of sulfone groups is 1. The van der Waals surface area contributed by atoms with Crippen molar-refractivity contribution < 1.29 is 8.42 Å². The van der Waals surface area contributed by atoms with Crippen LogP contribution >= 0.6 is 24.0 Å². The van der Waals surface area contributed by atoms with Gasteiger partial charge < -0.3 is 11.1 Å². The smallest absolute Gasteiger partial charge is 0.188 e. The SMILES string of the molecule is CCCN=C(N)NCCS(=O)(=O)c1ccccc1.I. The highest BCUT2D eigenvalue weighted by molar-refractivity contribution is 14.0. The van der Waals surface area contributed by atoms with E-state index in [1.807, 2.05) is 6.92 Å². The van der Waals surface area contributed by atoms with E-state index < -0.39 is 9.84 Å². The van der Waals surface area contributed by atoms with Crippen LogP contribution in [0.4, 0.5) is 0 Å². The summed E-state index contributed by atoms with van der Waals surface area (Å²) in [4.78, 5) is 4.35. The molecule has 0 heterocycles. The average Bonchev–Trinajstić information content (AvgIpc) is 2.37. The zero-order chi connectivity index (χ0) is 13.4. The number of hydrogen-bond acceptors (Lipinski definition) is 3. The molecule has 0 aliphatic carbocycles. The fourth-order valence-electron chi connectivity index (χ4n) is 1.35. The quantitative estimate of drug-likeness (QED) is 0.432. The molecule has 0 atom stereocenters. The summed E-state index contributed by atoms with van der Waals surface area (Å²) in [5, 5.41) is 2.79. The summed E-state index contributed by atoms with van der Waals surface area (Å²) in [6.45, 7) is 2.90. The zero-order valence-electron chi connectivity index (χ0n) is 10.9. The summed E-state index contributed by atoms with van der Waals surface area (Å²) in [7, 11) is -3.25. The molecular weight excluding hydrogens is 377 g/mol. The molecule has 1 aromatic rings. The van der Waals surface area contributed by atoms with Crippen LogP contribution in [0.25, 0.3) is 0 Å². The van der Waals surface area contributed by atoms with Gasteiger partial charge in [-0.1, -0.05) is 25.1 Å². The number of nitrogens with one attached hydrogen (secondary N) is 1. The number of nitrogens with two attached hydrogens (primary N) is 1. The lowest BCUT2D eigenvalue weighted by molar-refractivity contribution is 0.595. The van der Waals surface area contributed by atoms with Gasteiger partial charge in [-0.2, -0.15) is 0 Å². The van der Waals surface area contributed by atoms with E-state index in [1.165, 1.54) is 0 Å². The van der Waals surface area contributed by atoms with E-state index in [2.05, 4.69) is 10.3 Å². The number of benzene rings is 1. The van der Waals surface area contributed by atoms with Crippen molar-refractivity contribution in [3.05, 3.63) is 30.3 Å². The van der Waals surface area contributed by atoms with Crippen LogP contribution in [-0.4, -0.2) is 33.2 Å². The van der Waals surface area contributed by atoms with Gasteiger partial charge in [-0.25, -0.2) is 8.42 Å². The lowest BCUT2D eigenvalue weighted by atomic mass is 10.4. The molecule has 0 radical (unpaired) electrons. The first-order valence-electron chi connectivity index (χ1n) is 5.88. The van der Waals surface area contributed by atoms with Crippen molar-refractivity contribution in [2.45, 2.75) is 18.2 Å². The third-order valence-electron chi connectivity index (χ3n) is 2.28. The Labute approximate surface area is 131 Å². The predicted octanol–water partition coefficient (Wildman–Crippen LogP) is 1.39. The minimum Gasteiger partial charge on any atom is -0.370 e.